The second kappa shape index (κ2) is 10.1. The summed E-state index contributed by atoms with van der Waals surface area (Å²) in [5.41, 5.74) is 0.278. The molecule has 0 radical (unpaired) electrons. The van der Waals surface area contributed by atoms with Crippen molar-refractivity contribution in [3.8, 4) is 0 Å². The van der Waals surface area contributed by atoms with Gasteiger partial charge in [-0.1, -0.05) is 19.3 Å². The molecule has 3 rings (SSSR count). The first-order chi connectivity index (χ1) is 13.1. The molecule has 0 unspecified atom stereocenters. The van der Waals surface area contributed by atoms with Crippen molar-refractivity contribution in [3.05, 3.63) is 0 Å². The molecule has 6 heteroatoms. The van der Waals surface area contributed by atoms with Crippen molar-refractivity contribution >= 4 is 5.96 Å². The summed E-state index contributed by atoms with van der Waals surface area (Å²) in [6.45, 7) is 11.9. The topological polar surface area (TPSA) is 52.1 Å². The molecule has 156 valence electrons. The van der Waals surface area contributed by atoms with E-state index >= 15 is 0 Å². The number of likely N-dealkylation sites (tertiary alicyclic amines) is 1. The third-order valence-electron chi connectivity index (χ3n) is 6.88. The summed E-state index contributed by atoms with van der Waals surface area (Å²) in [5.74, 6) is 0.983. The van der Waals surface area contributed by atoms with E-state index in [1.54, 1.807) is 0 Å². The second-order valence-corrected chi connectivity index (χ2v) is 8.86. The average molecular weight is 380 g/mol. The lowest BCUT2D eigenvalue weighted by molar-refractivity contribution is -0.0353. The van der Waals surface area contributed by atoms with Gasteiger partial charge in [0.15, 0.2) is 5.96 Å². The predicted molar refractivity (Wildman–Crippen MR) is 112 cm³/mol. The number of nitrogens with zero attached hydrogens (tertiary/aromatic N) is 3. The molecule has 27 heavy (non-hydrogen) atoms. The Hall–Kier alpha value is -0.850. The Balaban J connectivity index is 1.52. The number of piperidine rings is 1. The summed E-state index contributed by atoms with van der Waals surface area (Å²) in [4.78, 5) is 9.80. The first-order valence-corrected chi connectivity index (χ1v) is 11.2. The van der Waals surface area contributed by atoms with E-state index in [0.29, 0.717) is 12.1 Å². The van der Waals surface area contributed by atoms with E-state index in [9.17, 15) is 0 Å². The highest BCUT2D eigenvalue weighted by Crippen LogP contribution is 2.33. The van der Waals surface area contributed by atoms with Crippen molar-refractivity contribution in [2.45, 2.75) is 76.4 Å². The molecule has 0 aromatic rings. The van der Waals surface area contributed by atoms with E-state index in [4.69, 9.17) is 4.74 Å². The van der Waals surface area contributed by atoms with Gasteiger partial charge in [0.25, 0.3) is 0 Å². The number of aliphatic imine (C=N–C) groups is 1. The first-order valence-electron chi connectivity index (χ1n) is 11.2. The molecule has 0 atom stereocenters. The lowest BCUT2D eigenvalue weighted by atomic mass is 9.80. The lowest BCUT2D eigenvalue weighted by Gasteiger charge is -2.48. The number of ether oxygens (including phenoxy) is 1. The highest BCUT2D eigenvalue weighted by molar-refractivity contribution is 5.80. The smallest absolute Gasteiger partial charge is 0.191 e. The molecular weight excluding hydrogens is 338 g/mol. The average Bonchev–Trinajstić information content (AvgIpc) is 2.72. The SMILES string of the molecule is CN=C(NCC1(N2CCOCC2)CCCCC1)NC1CCN(C(C)C)CC1. The zero-order chi connectivity index (χ0) is 19.1. The Kier molecular flexibility index (Phi) is 7.79. The molecule has 1 aliphatic carbocycles. The van der Waals surface area contributed by atoms with E-state index < -0.39 is 0 Å². The van der Waals surface area contributed by atoms with Crippen LogP contribution in [0.25, 0.3) is 0 Å². The van der Waals surface area contributed by atoms with Gasteiger partial charge in [0.2, 0.25) is 0 Å². The van der Waals surface area contributed by atoms with E-state index in [1.165, 1.54) is 58.0 Å². The van der Waals surface area contributed by atoms with Crippen molar-refractivity contribution in [1.29, 1.82) is 0 Å². The maximum absolute atomic E-state index is 5.61. The van der Waals surface area contributed by atoms with Gasteiger partial charge in [0.05, 0.1) is 13.2 Å². The van der Waals surface area contributed by atoms with Gasteiger partial charge < -0.3 is 20.3 Å². The standard InChI is InChI=1S/C21H41N5O/c1-18(2)25-11-7-19(8-12-25)24-20(22-3)23-17-21(9-5-4-6-10-21)26-13-15-27-16-14-26/h18-19H,4-17H2,1-3H3,(H2,22,23,24). The molecule has 0 bridgehead atoms. The number of nitrogens with one attached hydrogen (secondary N) is 2. The minimum Gasteiger partial charge on any atom is -0.379 e. The minimum atomic E-state index is 0.278. The summed E-state index contributed by atoms with van der Waals surface area (Å²) in [6, 6.07) is 1.19. The molecule has 0 amide bonds. The zero-order valence-electron chi connectivity index (χ0n) is 17.8. The molecule has 2 N–H and O–H groups in total. The van der Waals surface area contributed by atoms with Crippen LogP contribution >= 0.6 is 0 Å². The van der Waals surface area contributed by atoms with Gasteiger partial charge in [-0.3, -0.25) is 9.89 Å². The lowest BCUT2D eigenvalue weighted by Crippen LogP contribution is -2.61. The summed E-state index contributed by atoms with van der Waals surface area (Å²) >= 11 is 0. The van der Waals surface area contributed by atoms with Crippen LogP contribution in [0.5, 0.6) is 0 Å². The molecular formula is C21H41N5O. The molecule has 2 heterocycles. The Morgan fingerprint density at radius 1 is 1.07 bits per heavy atom. The maximum atomic E-state index is 5.61. The van der Waals surface area contributed by atoms with Crippen LogP contribution in [0, 0.1) is 0 Å². The number of rotatable bonds is 5. The van der Waals surface area contributed by atoms with Crippen molar-refractivity contribution in [1.82, 2.24) is 20.4 Å². The fourth-order valence-electron chi connectivity index (χ4n) is 5.05. The van der Waals surface area contributed by atoms with Gasteiger partial charge in [-0.25, -0.2) is 0 Å². The van der Waals surface area contributed by atoms with Crippen LogP contribution in [0.2, 0.25) is 0 Å². The van der Waals surface area contributed by atoms with E-state index in [1.807, 2.05) is 7.05 Å². The van der Waals surface area contributed by atoms with Crippen LogP contribution in [0.15, 0.2) is 4.99 Å². The Bertz CT molecular complexity index is 461. The highest BCUT2D eigenvalue weighted by Gasteiger charge is 2.38. The molecule has 3 fully saturated rings. The fourth-order valence-corrected chi connectivity index (χ4v) is 5.05. The van der Waals surface area contributed by atoms with Crippen LogP contribution in [0.1, 0.15) is 58.8 Å². The van der Waals surface area contributed by atoms with E-state index in [0.717, 1.165) is 38.8 Å². The Morgan fingerprint density at radius 2 is 1.74 bits per heavy atom. The maximum Gasteiger partial charge on any atom is 0.191 e. The number of hydrogen-bond acceptors (Lipinski definition) is 4. The van der Waals surface area contributed by atoms with Gasteiger partial charge in [-0.05, 0) is 39.5 Å². The summed E-state index contributed by atoms with van der Waals surface area (Å²) in [5, 5.41) is 7.40. The van der Waals surface area contributed by atoms with Crippen molar-refractivity contribution in [2.24, 2.45) is 4.99 Å². The van der Waals surface area contributed by atoms with Crippen LogP contribution < -0.4 is 10.6 Å². The third kappa shape index (κ3) is 5.58. The second-order valence-electron chi connectivity index (χ2n) is 8.86. The molecule has 0 aromatic heterocycles. The highest BCUT2D eigenvalue weighted by atomic mass is 16.5. The summed E-state index contributed by atoms with van der Waals surface area (Å²) in [7, 11) is 1.90. The van der Waals surface area contributed by atoms with E-state index in [-0.39, 0.29) is 5.54 Å². The summed E-state index contributed by atoms with van der Waals surface area (Å²) < 4.78 is 5.61. The molecule has 1 saturated carbocycles. The molecule has 6 nitrogen and oxygen atoms in total. The molecule has 3 aliphatic rings. The van der Waals surface area contributed by atoms with Crippen LogP contribution in [-0.2, 0) is 4.74 Å². The summed E-state index contributed by atoms with van der Waals surface area (Å²) in [6.07, 6.45) is 9.07. The van der Waals surface area contributed by atoms with Crippen molar-refractivity contribution in [2.75, 3.05) is 53.0 Å². The van der Waals surface area contributed by atoms with Gasteiger partial charge in [-0.2, -0.15) is 0 Å². The predicted octanol–water partition coefficient (Wildman–Crippen LogP) is 2.06. The van der Waals surface area contributed by atoms with Gasteiger partial charge >= 0.3 is 0 Å². The zero-order valence-corrected chi connectivity index (χ0v) is 17.8. The van der Waals surface area contributed by atoms with Crippen molar-refractivity contribution in [3.63, 3.8) is 0 Å². The van der Waals surface area contributed by atoms with Crippen molar-refractivity contribution < 1.29 is 4.74 Å². The third-order valence-corrected chi connectivity index (χ3v) is 6.88. The molecule has 0 aromatic carbocycles. The first kappa shape index (κ1) is 20.9. The minimum absolute atomic E-state index is 0.278. The normalized spacial score (nSPS) is 26.3. The molecule has 2 saturated heterocycles. The van der Waals surface area contributed by atoms with Gasteiger partial charge in [-0.15, -0.1) is 0 Å². The fraction of sp³-hybridized carbons (Fsp3) is 0.952. The number of morpholine rings is 1. The van der Waals surface area contributed by atoms with E-state index in [2.05, 4.69) is 39.3 Å². The van der Waals surface area contributed by atoms with Crippen LogP contribution in [0.3, 0.4) is 0 Å². The Morgan fingerprint density at radius 3 is 2.33 bits per heavy atom. The van der Waals surface area contributed by atoms with Gasteiger partial charge in [0, 0.05) is 57.4 Å². The van der Waals surface area contributed by atoms with Gasteiger partial charge in [0.1, 0.15) is 0 Å². The van der Waals surface area contributed by atoms with Crippen LogP contribution in [0.4, 0.5) is 0 Å². The monoisotopic (exact) mass is 379 g/mol. The van der Waals surface area contributed by atoms with Crippen LogP contribution in [-0.4, -0.2) is 86.4 Å². The number of guanidine groups is 1. The molecule has 2 aliphatic heterocycles. The largest absolute Gasteiger partial charge is 0.379 e. The quantitative estimate of drug-likeness (QED) is 0.566. The number of hydrogen-bond donors (Lipinski definition) is 2. The molecule has 0 spiro atoms. The Labute approximate surface area is 166 Å².